The van der Waals surface area contributed by atoms with Crippen LogP contribution in [0.2, 0.25) is 0 Å². The van der Waals surface area contributed by atoms with E-state index in [4.69, 9.17) is 4.74 Å². The Labute approximate surface area is 109 Å². The standard InChI is InChI=1S/C14H14F2O3/c15-9-5-10(14(3-4-14)13(17)18)12(11(16)6-9)19-7-8-1-2-8/h5-6,8H,1-4,7H2,(H,17,18). The van der Waals surface area contributed by atoms with E-state index in [0.29, 0.717) is 25.4 Å². The van der Waals surface area contributed by atoms with Gasteiger partial charge in [-0.3, -0.25) is 4.79 Å². The molecule has 19 heavy (non-hydrogen) atoms. The van der Waals surface area contributed by atoms with E-state index < -0.39 is 23.0 Å². The Hall–Kier alpha value is -1.65. The summed E-state index contributed by atoms with van der Waals surface area (Å²) in [4.78, 5) is 11.3. The first-order valence-corrected chi connectivity index (χ1v) is 6.39. The molecule has 0 spiro atoms. The Morgan fingerprint density at radius 3 is 2.58 bits per heavy atom. The second kappa shape index (κ2) is 4.18. The summed E-state index contributed by atoms with van der Waals surface area (Å²) in [6.07, 6.45) is 2.88. The molecule has 2 saturated carbocycles. The third kappa shape index (κ3) is 2.17. The lowest BCUT2D eigenvalue weighted by Gasteiger charge is -2.17. The average Bonchev–Trinajstić information content (AvgIpc) is 3.22. The van der Waals surface area contributed by atoms with Crippen LogP contribution in [0.3, 0.4) is 0 Å². The topological polar surface area (TPSA) is 46.5 Å². The third-order valence-electron chi connectivity index (χ3n) is 3.84. The van der Waals surface area contributed by atoms with Gasteiger partial charge in [0.1, 0.15) is 5.82 Å². The Kier molecular flexibility index (Phi) is 2.73. The summed E-state index contributed by atoms with van der Waals surface area (Å²) in [7, 11) is 0. The highest BCUT2D eigenvalue weighted by molar-refractivity contribution is 5.86. The quantitative estimate of drug-likeness (QED) is 0.893. The van der Waals surface area contributed by atoms with Crippen molar-refractivity contribution in [3.8, 4) is 5.75 Å². The van der Waals surface area contributed by atoms with Crippen LogP contribution in [0, 0.1) is 17.6 Å². The first kappa shape index (κ1) is 12.4. The second-order valence-corrected chi connectivity index (χ2v) is 5.41. The Morgan fingerprint density at radius 2 is 2.05 bits per heavy atom. The minimum atomic E-state index is -1.16. The highest BCUT2D eigenvalue weighted by Gasteiger charge is 2.54. The van der Waals surface area contributed by atoms with Gasteiger partial charge >= 0.3 is 5.97 Å². The van der Waals surface area contributed by atoms with Gasteiger partial charge in [0.2, 0.25) is 0 Å². The smallest absolute Gasteiger partial charge is 0.314 e. The van der Waals surface area contributed by atoms with E-state index >= 15 is 0 Å². The van der Waals surface area contributed by atoms with Crippen LogP contribution >= 0.6 is 0 Å². The molecule has 0 heterocycles. The van der Waals surface area contributed by atoms with Crippen LogP contribution in [0.15, 0.2) is 12.1 Å². The van der Waals surface area contributed by atoms with Crippen LogP contribution in [0.1, 0.15) is 31.2 Å². The van der Waals surface area contributed by atoms with Gasteiger partial charge in [0.25, 0.3) is 0 Å². The van der Waals surface area contributed by atoms with Crippen molar-refractivity contribution in [2.45, 2.75) is 31.1 Å². The number of hydrogen-bond donors (Lipinski definition) is 1. The number of hydrogen-bond acceptors (Lipinski definition) is 2. The van der Waals surface area contributed by atoms with Crippen molar-refractivity contribution in [1.82, 2.24) is 0 Å². The molecule has 102 valence electrons. The fourth-order valence-corrected chi connectivity index (χ4v) is 2.27. The predicted molar refractivity (Wildman–Crippen MR) is 63.1 cm³/mol. The highest BCUT2D eigenvalue weighted by atomic mass is 19.1. The molecule has 0 unspecified atom stereocenters. The van der Waals surface area contributed by atoms with E-state index in [1.807, 2.05) is 0 Å². The normalized spacial score (nSPS) is 20.1. The number of aliphatic carboxylic acids is 1. The molecule has 2 fully saturated rings. The van der Waals surface area contributed by atoms with Crippen molar-refractivity contribution >= 4 is 5.97 Å². The van der Waals surface area contributed by atoms with E-state index in [2.05, 4.69) is 0 Å². The first-order valence-electron chi connectivity index (χ1n) is 6.39. The molecule has 0 atom stereocenters. The van der Waals surface area contributed by atoms with Crippen molar-refractivity contribution in [3.63, 3.8) is 0 Å². The van der Waals surface area contributed by atoms with E-state index in [9.17, 15) is 18.7 Å². The molecule has 1 aromatic rings. The molecule has 2 aliphatic carbocycles. The zero-order valence-corrected chi connectivity index (χ0v) is 10.3. The number of carboxylic acids is 1. The summed E-state index contributed by atoms with van der Waals surface area (Å²) < 4.78 is 32.6. The van der Waals surface area contributed by atoms with Crippen molar-refractivity contribution < 1.29 is 23.4 Å². The van der Waals surface area contributed by atoms with Gasteiger partial charge < -0.3 is 9.84 Å². The number of carboxylic acid groups (broad SMARTS) is 1. The van der Waals surface area contributed by atoms with Crippen LogP contribution in [0.4, 0.5) is 8.78 Å². The van der Waals surface area contributed by atoms with Gasteiger partial charge in [-0.15, -0.1) is 0 Å². The molecule has 2 aliphatic rings. The van der Waals surface area contributed by atoms with Crippen LogP contribution in [-0.4, -0.2) is 17.7 Å². The van der Waals surface area contributed by atoms with E-state index in [0.717, 1.165) is 25.0 Å². The molecule has 0 bridgehead atoms. The SMILES string of the molecule is O=C(O)C1(c2cc(F)cc(F)c2OCC2CC2)CC1. The minimum absolute atomic E-state index is 0.0896. The fourth-order valence-electron chi connectivity index (χ4n) is 2.27. The molecule has 5 heteroatoms. The van der Waals surface area contributed by atoms with Gasteiger partial charge in [0.15, 0.2) is 11.6 Å². The average molecular weight is 268 g/mol. The van der Waals surface area contributed by atoms with Gasteiger partial charge in [-0.2, -0.15) is 0 Å². The lowest BCUT2D eigenvalue weighted by atomic mass is 9.94. The first-order chi connectivity index (χ1) is 9.03. The fraction of sp³-hybridized carbons (Fsp3) is 0.500. The summed E-state index contributed by atoms with van der Waals surface area (Å²) in [6.45, 7) is 0.366. The van der Waals surface area contributed by atoms with Crippen molar-refractivity contribution in [1.29, 1.82) is 0 Å². The Bertz CT molecular complexity index is 534. The van der Waals surface area contributed by atoms with Crippen molar-refractivity contribution in [3.05, 3.63) is 29.3 Å². The van der Waals surface area contributed by atoms with Gasteiger partial charge in [-0.25, -0.2) is 8.78 Å². The number of rotatable bonds is 5. The van der Waals surface area contributed by atoms with E-state index in [1.165, 1.54) is 0 Å². The maximum atomic E-state index is 13.8. The number of halogens is 2. The van der Waals surface area contributed by atoms with Crippen molar-refractivity contribution in [2.75, 3.05) is 6.61 Å². The van der Waals surface area contributed by atoms with Crippen LogP contribution in [0.25, 0.3) is 0 Å². The maximum Gasteiger partial charge on any atom is 0.314 e. The van der Waals surface area contributed by atoms with Crippen LogP contribution in [0.5, 0.6) is 5.75 Å². The van der Waals surface area contributed by atoms with Gasteiger partial charge in [-0.1, -0.05) is 0 Å². The van der Waals surface area contributed by atoms with E-state index in [-0.39, 0.29) is 11.3 Å². The molecule has 1 N–H and O–H groups in total. The lowest BCUT2D eigenvalue weighted by molar-refractivity contribution is -0.140. The maximum absolute atomic E-state index is 13.8. The summed E-state index contributed by atoms with van der Waals surface area (Å²) in [5.41, 5.74) is -1.03. The summed E-state index contributed by atoms with van der Waals surface area (Å²) in [5.74, 6) is -2.30. The molecule has 3 rings (SSSR count). The molecule has 0 amide bonds. The number of ether oxygens (including phenoxy) is 1. The van der Waals surface area contributed by atoms with Crippen LogP contribution in [-0.2, 0) is 10.2 Å². The Balaban J connectivity index is 1.98. The Morgan fingerprint density at radius 1 is 1.37 bits per heavy atom. The monoisotopic (exact) mass is 268 g/mol. The minimum Gasteiger partial charge on any atom is -0.490 e. The zero-order valence-electron chi connectivity index (χ0n) is 10.3. The molecular weight excluding hydrogens is 254 g/mol. The van der Waals surface area contributed by atoms with Gasteiger partial charge in [-0.05, 0) is 37.7 Å². The predicted octanol–water partition coefficient (Wildman–Crippen LogP) is 2.87. The molecule has 0 saturated heterocycles. The molecule has 0 aliphatic heterocycles. The van der Waals surface area contributed by atoms with Crippen molar-refractivity contribution in [2.24, 2.45) is 5.92 Å². The number of carbonyl (C=O) groups is 1. The molecule has 0 aromatic heterocycles. The summed E-state index contributed by atoms with van der Waals surface area (Å²) >= 11 is 0. The van der Waals surface area contributed by atoms with Gasteiger partial charge in [0, 0.05) is 11.6 Å². The lowest BCUT2D eigenvalue weighted by Crippen LogP contribution is -2.21. The van der Waals surface area contributed by atoms with Gasteiger partial charge in [0.05, 0.1) is 12.0 Å². The van der Waals surface area contributed by atoms with Crippen LogP contribution < -0.4 is 4.74 Å². The molecule has 3 nitrogen and oxygen atoms in total. The summed E-state index contributed by atoms with van der Waals surface area (Å²) in [5, 5.41) is 9.25. The second-order valence-electron chi connectivity index (χ2n) is 5.41. The molecule has 0 radical (unpaired) electrons. The largest absolute Gasteiger partial charge is 0.490 e. The third-order valence-corrected chi connectivity index (χ3v) is 3.84. The highest BCUT2D eigenvalue weighted by Crippen LogP contribution is 2.52. The van der Waals surface area contributed by atoms with E-state index in [1.54, 1.807) is 0 Å². The summed E-state index contributed by atoms with van der Waals surface area (Å²) in [6, 6.07) is 1.83. The molecular formula is C14H14F2O3. The number of benzene rings is 1. The molecule has 1 aromatic carbocycles. The zero-order chi connectivity index (χ0) is 13.6.